The van der Waals surface area contributed by atoms with E-state index >= 15 is 0 Å². The zero-order valence-corrected chi connectivity index (χ0v) is 14.4. The summed E-state index contributed by atoms with van der Waals surface area (Å²) in [5.41, 5.74) is 1.76. The van der Waals surface area contributed by atoms with E-state index in [0.717, 1.165) is 5.56 Å². The van der Waals surface area contributed by atoms with Gasteiger partial charge in [-0.1, -0.05) is 35.3 Å². The SMILES string of the molecule is COC(=O)c1cccc(NC(=O)NCCc2ccc(Cl)cc2Cl)c1. The van der Waals surface area contributed by atoms with Crippen molar-refractivity contribution in [3.8, 4) is 0 Å². The Hall–Kier alpha value is -2.24. The van der Waals surface area contributed by atoms with E-state index in [0.29, 0.717) is 34.3 Å². The number of methoxy groups -OCH3 is 1. The minimum absolute atomic E-state index is 0.364. The maximum Gasteiger partial charge on any atom is 0.337 e. The molecule has 5 nitrogen and oxygen atoms in total. The highest BCUT2D eigenvalue weighted by molar-refractivity contribution is 6.35. The van der Waals surface area contributed by atoms with Crippen LogP contribution in [0, 0.1) is 0 Å². The Kier molecular flexibility index (Phi) is 6.46. The number of hydrogen-bond donors (Lipinski definition) is 2. The molecule has 24 heavy (non-hydrogen) atoms. The fourth-order valence-corrected chi connectivity index (χ4v) is 2.56. The van der Waals surface area contributed by atoms with Crippen LogP contribution in [0.1, 0.15) is 15.9 Å². The molecule has 2 N–H and O–H groups in total. The molecule has 0 aliphatic carbocycles. The van der Waals surface area contributed by atoms with E-state index in [-0.39, 0.29) is 6.03 Å². The van der Waals surface area contributed by atoms with Crippen LogP contribution in [0.25, 0.3) is 0 Å². The molecule has 0 saturated carbocycles. The van der Waals surface area contributed by atoms with Crippen LogP contribution in [0.5, 0.6) is 0 Å². The van der Waals surface area contributed by atoms with Gasteiger partial charge in [-0.2, -0.15) is 0 Å². The van der Waals surface area contributed by atoms with Gasteiger partial charge >= 0.3 is 12.0 Å². The van der Waals surface area contributed by atoms with Gasteiger partial charge < -0.3 is 15.4 Å². The largest absolute Gasteiger partial charge is 0.465 e. The fourth-order valence-electron chi connectivity index (χ4n) is 2.05. The lowest BCUT2D eigenvalue weighted by Crippen LogP contribution is -2.30. The van der Waals surface area contributed by atoms with E-state index in [9.17, 15) is 9.59 Å². The maximum atomic E-state index is 11.9. The third kappa shape index (κ3) is 5.15. The highest BCUT2D eigenvalue weighted by Gasteiger charge is 2.08. The molecule has 2 rings (SSSR count). The standard InChI is InChI=1S/C17H16Cl2N2O3/c1-24-16(22)12-3-2-4-14(9-12)21-17(23)20-8-7-11-5-6-13(18)10-15(11)19/h2-6,9-10H,7-8H2,1H3,(H2,20,21,23). The summed E-state index contributed by atoms with van der Waals surface area (Å²) in [5.74, 6) is -0.462. The third-order valence-electron chi connectivity index (χ3n) is 3.24. The first-order chi connectivity index (χ1) is 11.5. The number of rotatable bonds is 5. The van der Waals surface area contributed by atoms with E-state index < -0.39 is 5.97 Å². The number of carbonyl (C=O) groups excluding carboxylic acids is 2. The van der Waals surface area contributed by atoms with Gasteiger partial charge in [0.1, 0.15) is 0 Å². The lowest BCUT2D eigenvalue weighted by Gasteiger charge is -2.09. The predicted molar refractivity (Wildman–Crippen MR) is 95.0 cm³/mol. The summed E-state index contributed by atoms with van der Waals surface area (Å²) in [6, 6.07) is 11.4. The molecule has 2 aromatic rings. The number of hydrogen-bond acceptors (Lipinski definition) is 3. The molecule has 126 valence electrons. The Labute approximate surface area is 149 Å². The van der Waals surface area contributed by atoms with Crippen LogP contribution in [0.4, 0.5) is 10.5 Å². The van der Waals surface area contributed by atoms with Crippen molar-refractivity contribution in [1.82, 2.24) is 5.32 Å². The quantitative estimate of drug-likeness (QED) is 0.781. The van der Waals surface area contributed by atoms with Crippen LogP contribution in [0.15, 0.2) is 42.5 Å². The average Bonchev–Trinajstić information content (AvgIpc) is 2.56. The van der Waals surface area contributed by atoms with Crippen molar-refractivity contribution in [3.63, 3.8) is 0 Å². The molecule has 0 aliphatic rings. The monoisotopic (exact) mass is 366 g/mol. The van der Waals surface area contributed by atoms with Crippen molar-refractivity contribution in [2.45, 2.75) is 6.42 Å². The van der Waals surface area contributed by atoms with Gasteiger partial charge in [-0.25, -0.2) is 9.59 Å². The van der Waals surface area contributed by atoms with Crippen molar-refractivity contribution < 1.29 is 14.3 Å². The summed E-state index contributed by atoms with van der Waals surface area (Å²) in [6.45, 7) is 0.407. The van der Waals surface area contributed by atoms with Crippen LogP contribution in [0.3, 0.4) is 0 Å². The summed E-state index contributed by atoms with van der Waals surface area (Å²) in [4.78, 5) is 23.4. The normalized spacial score (nSPS) is 10.1. The molecule has 0 unspecified atom stereocenters. The molecule has 0 saturated heterocycles. The highest BCUT2D eigenvalue weighted by Crippen LogP contribution is 2.21. The van der Waals surface area contributed by atoms with Crippen LogP contribution >= 0.6 is 23.2 Å². The molecular weight excluding hydrogens is 351 g/mol. The van der Waals surface area contributed by atoms with Crippen LogP contribution in [-0.4, -0.2) is 25.7 Å². The average molecular weight is 367 g/mol. The molecule has 0 spiro atoms. The number of anilines is 1. The molecule has 0 radical (unpaired) electrons. The Balaban J connectivity index is 1.86. The van der Waals surface area contributed by atoms with Gasteiger partial charge in [-0.05, 0) is 42.3 Å². The molecule has 0 aromatic heterocycles. The fraction of sp³-hybridized carbons (Fsp3) is 0.176. The molecule has 7 heteroatoms. The molecule has 2 amide bonds. The van der Waals surface area contributed by atoms with Crippen LogP contribution < -0.4 is 10.6 Å². The van der Waals surface area contributed by atoms with Gasteiger partial charge in [0.25, 0.3) is 0 Å². The van der Waals surface area contributed by atoms with Gasteiger partial charge in [-0.15, -0.1) is 0 Å². The van der Waals surface area contributed by atoms with Gasteiger partial charge in [0.2, 0.25) is 0 Å². The number of carbonyl (C=O) groups is 2. The molecule has 0 heterocycles. The Morgan fingerprint density at radius 1 is 1.12 bits per heavy atom. The zero-order valence-electron chi connectivity index (χ0n) is 12.9. The Morgan fingerprint density at radius 2 is 1.92 bits per heavy atom. The van der Waals surface area contributed by atoms with Gasteiger partial charge in [-0.3, -0.25) is 0 Å². The molecule has 2 aromatic carbocycles. The first kappa shape index (κ1) is 18.1. The van der Waals surface area contributed by atoms with E-state index in [2.05, 4.69) is 15.4 Å². The van der Waals surface area contributed by atoms with Crippen molar-refractivity contribution in [3.05, 3.63) is 63.6 Å². The lowest BCUT2D eigenvalue weighted by atomic mass is 10.1. The van der Waals surface area contributed by atoms with Crippen molar-refractivity contribution in [2.24, 2.45) is 0 Å². The third-order valence-corrected chi connectivity index (χ3v) is 3.82. The summed E-state index contributed by atoms with van der Waals surface area (Å²) in [5, 5.41) is 6.52. The second-order valence-corrected chi connectivity index (χ2v) is 5.78. The first-order valence-electron chi connectivity index (χ1n) is 7.17. The van der Waals surface area contributed by atoms with Crippen molar-refractivity contribution >= 4 is 40.9 Å². The molecule has 0 bridgehead atoms. The number of nitrogens with one attached hydrogen (secondary N) is 2. The maximum absolute atomic E-state index is 11.9. The molecular formula is C17H16Cl2N2O3. The zero-order chi connectivity index (χ0) is 17.5. The summed E-state index contributed by atoms with van der Waals surface area (Å²) in [6.07, 6.45) is 0.575. The number of benzene rings is 2. The lowest BCUT2D eigenvalue weighted by molar-refractivity contribution is 0.0600. The number of amides is 2. The highest BCUT2D eigenvalue weighted by atomic mass is 35.5. The van der Waals surface area contributed by atoms with E-state index in [1.165, 1.54) is 7.11 Å². The van der Waals surface area contributed by atoms with E-state index in [4.69, 9.17) is 23.2 Å². The minimum atomic E-state index is -0.462. The van der Waals surface area contributed by atoms with Crippen LogP contribution in [0.2, 0.25) is 10.0 Å². The minimum Gasteiger partial charge on any atom is -0.465 e. The smallest absolute Gasteiger partial charge is 0.337 e. The van der Waals surface area contributed by atoms with E-state index in [1.54, 1.807) is 36.4 Å². The van der Waals surface area contributed by atoms with Gasteiger partial charge in [0.05, 0.1) is 12.7 Å². The predicted octanol–water partition coefficient (Wildman–Crippen LogP) is 4.14. The Bertz CT molecular complexity index is 750. The van der Waals surface area contributed by atoms with Crippen molar-refractivity contribution in [1.29, 1.82) is 0 Å². The second-order valence-electron chi connectivity index (χ2n) is 4.94. The van der Waals surface area contributed by atoms with Gasteiger partial charge in [0, 0.05) is 22.3 Å². The Morgan fingerprint density at radius 3 is 2.62 bits per heavy atom. The molecule has 0 fully saturated rings. The van der Waals surface area contributed by atoms with Crippen molar-refractivity contribution in [2.75, 3.05) is 19.0 Å². The second kappa shape index (κ2) is 8.57. The molecule has 0 atom stereocenters. The molecule has 0 aliphatic heterocycles. The van der Waals surface area contributed by atoms with Gasteiger partial charge in [0.15, 0.2) is 0 Å². The number of halogens is 2. The summed E-state index contributed by atoms with van der Waals surface area (Å²) >= 11 is 11.9. The number of urea groups is 1. The van der Waals surface area contributed by atoms with Crippen LogP contribution in [-0.2, 0) is 11.2 Å². The first-order valence-corrected chi connectivity index (χ1v) is 7.92. The van der Waals surface area contributed by atoms with E-state index in [1.807, 2.05) is 6.07 Å². The number of ether oxygens (including phenoxy) is 1. The topological polar surface area (TPSA) is 67.4 Å². The summed E-state index contributed by atoms with van der Waals surface area (Å²) < 4.78 is 4.64. The number of esters is 1. The summed E-state index contributed by atoms with van der Waals surface area (Å²) in [7, 11) is 1.30.